The van der Waals surface area contributed by atoms with Crippen molar-refractivity contribution in [3.8, 4) is 17.2 Å². The number of carbonyl (C=O) groups is 1. The normalized spacial score (nSPS) is 15.9. The maximum atomic E-state index is 13.0. The number of hydrogen-bond donors (Lipinski definition) is 1. The van der Waals surface area contributed by atoms with Gasteiger partial charge < -0.3 is 14.8 Å². The van der Waals surface area contributed by atoms with Crippen LogP contribution in [0.1, 0.15) is 6.42 Å². The lowest BCUT2D eigenvalue weighted by Crippen LogP contribution is -2.36. The summed E-state index contributed by atoms with van der Waals surface area (Å²) in [7, 11) is -3.51. The standard InChI is InChI=1S/C23H22N2O5S/c1-31(27,28)25-16-15-22(30-21-14-8-6-12-19(21)25)23(26)24-18-11-5-7-13-20(18)29-17-9-3-2-4-10-17/h2-14,22H,15-16H2,1H3,(H,24,26). The molecule has 0 radical (unpaired) electrons. The van der Waals surface area contributed by atoms with Gasteiger partial charge in [0, 0.05) is 13.0 Å². The zero-order valence-electron chi connectivity index (χ0n) is 16.9. The number of ether oxygens (including phenoxy) is 2. The van der Waals surface area contributed by atoms with Gasteiger partial charge in [0.25, 0.3) is 5.91 Å². The van der Waals surface area contributed by atoms with Crippen LogP contribution in [0.3, 0.4) is 0 Å². The largest absolute Gasteiger partial charge is 0.478 e. The number of nitrogens with zero attached hydrogens (tertiary/aromatic N) is 1. The van der Waals surface area contributed by atoms with Crippen LogP contribution in [0.25, 0.3) is 0 Å². The number of hydrogen-bond acceptors (Lipinski definition) is 5. The quantitative estimate of drug-likeness (QED) is 0.650. The Morgan fingerprint density at radius 1 is 1.00 bits per heavy atom. The highest BCUT2D eigenvalue weighted by molar-refractivity contribution is 7.92. The Labute approximate surface area is 181 Å². The first-order chi connectivity index (χ1) is 14.9. The third kappa shape index (κ3) is 4.80. The van der Waals surface area contributed by atoms with Gasteiger partial charge in [0.1, 0.15) is 11.5 Å². The Kier molecular flexibility index (Phi) is 5.81. The van der Waals surface area contributed by atoms with Gasteiger partial charge in [-0.05, 0) is 36.4 Å². The maximum absolute atomic E-state index is 13.0. The second-order valence-corrected chi connectivity index (χ2v) is 9.01. The molecule has 1 unspecified atom stereocenters. The predicted octanol–water partition coefficient (Wildman–Crippen LogP) is 4.03. The fourth-order valence-corrected chi connectivity index (χ4v) is 4.29. The molecule has 1 aliphatic rings. The molecule has 0 spiro atoms. The summed E-state index contributed by atoms with van der Waals surface area (Å²) >= 11 is 0. The Hall–Kier alpha value is -3.52. The zero-order valence-corrected chi connectivity index (χ0v) is 17.7. The van der Waals surface area contributed by atoms with Crippen LogP contribution in [-0.2, 0) is 14.8 Å². The molecule has 1 atom stereocenters. The van der Waals surface area contributed by atoms with Crippen molar-refractivity contribution in [2.45, 2.75) is 12.5 Å². The number of carbonyl (C=O) groups excluding carboxylic acids is 1. The Bertz CT molecular complexity index is 1180. The molecule has 0 aromatic heterocycles. The Morgan fingerprint density at radius 2 is 1.68 bits per heavy atom. The van der Waals surface area contributed by atoms with Gasteiger partial charge in [-0.25, -0.2) is 8.42 Å². The van der Waals surface area contributed by atoms with E-state index in [1.165, 1.54) is 4.31 Å². The number of para-hydroxylation sites is 5. The molecule has 1 aliphatic heterocycles. The third-order valence-electron chi connectivity index (χ3n) is 4.81. The summed E-state index contributed by atoms with van der Waals surface area (Å²) in [5.74, 6) is 1.11. The van der Waals surface area contributed by atoms with Crippen molar-refractivity contribution in [2.75, 3.05) is 22.4 Å². The SMILES string of the molecule is CS(=O)(=O)N1CCC(C(=O)Nc2ccccc2Oc2ccccc2)Oc2ccccc21. The molecule has 0 bridgehead atoms. The van der Waals surface area contributed by atoms with Crippen LogP contribution in [0.5, 0.6) is 17.2 Å². The summed E-state index contributed by atoms with van der Waals surface area (Å²) in [4.78, 5) is 13.0. The van der Waals surface area contributed by atoms with Gasteiger partial charge in [-0.3, -0.25) is 9.10 Å². The predicted molar refractivity (Wildman–Crippen MR) is 119 cm³/mol. The molecule has 3 aromatic carbocycles. The monoisotopic (exact) mass is 438 g/mol. The lowest BCUT2D eigenvalue weighted by Gasteiger charge is -2.20. The number of benzene rings is 3. The Balaban J connectivity index is 1.55. The van der Waals surface area contributed by atoms with E-state index >= 15 is 0 Å². The molecule has 3 aromatic rings. The van der Waals surface area contributed by atoms with E-state index in [1.54, 1.807) is 42.5 Å². The van der Waals surface area contributed by atoms with Gasteiger partial charge in [-0.1, -0.05) is 42.5 Å². The minimum absolute atomic E-state index is 0.135. The fourth-order valence-electron chi connectivity index (χ4n) is 3.35. The zero-order chi connectivity index (χ0) is 21.8. The van der Waals surface area contributed by atoms with E-state index in [9.17, 15) is 13.2 Å². The van der Waals surface area contributed by atoms with Crippen molar-refractivity contribution in [1.82, 2.24) is 0 Å². The summed E-state index contributed by atoms with van der Waals surface area (Å²) in [6, 6.07) is 23.2. The number of amides is 1. The summed E-state index contributed by atoms with van der Waals surface area (Å²) in [5, 5.41) is 2.86. The summed E-state index contributed by atoms with van der Waals surface area (Å²) in [6.45, 7) is 0.135. The molecular weight excluding hydrogens is 416 g/mol. The van der Waals surface area contributed by atoms with Crippen LogP contribution in [0, 0.1) is 0 Å². The first kappa shape index (κ1) is 20.7. The van der Waals surface area contributed by atoms with Crippen LogP contribution >= 0.6 is 0 Å². The molecule has 8 heteroatoms. The van der Waals surface area contributed by atoms with E-state index in [4.69, 9.17) is 9.47 Å². The van der Waals surface area contributed by atoms with Crippen molar-refractivity contribution in [2.24, 2.45) is 0 Å². The number of rotatable bonds is 5. The topological polar surface area (TPSA) is 84.9 Å². The summed E-state index contributed by atoms with van der Waals surface area (Å²) < 4.78 is 37.6. The first-order valence-corrected chi connectivity index (χ1v) is 11.6. The maximum Gasteiger partial charge on any atom is 0.265 e. The first-order valence-electron chi connectivity index (χ1n) is 9.78. The van der Waals surface area contributed by atoms with Gasteiger partial charge in [0.05, 0.1) is 17.6 Å². The fraction of sp³-hybridized carbons (Fsp3) is 0.174. The van der Waals surface area contributed by atoms with Gasteiger partial charge in [-0.15, -0.1) is 0 Å². The third-order valence-corrected chi connectivity index (χ3v) is 5.99. The van der Waals surface area contributed by atoms with Crippen molar-refractivity contribution >= 4 is 27.3 Å². The van der Waals surface area contributed by atoms with Gasteiger partial charge in [-0.2, -0.15) is 0 Å². The van der Waals surface area contributed by atoms with E-state index in [1.807, 2.05) is 36.4 Å². The highest BCUT2D eigenvalue weighted by Crippen LogP contribution is 2.35. The van der Waals surface area contributed by atoms with Crippen LogP contribution in [-0.4, -0.2) is 33.2 Å². The van der Waals surface area contributed by atoms with E-state index in [0.717, 1.165) is 6.26 Å². The molecule has 31 heavy (non-hydrogen) atoms. The number of sulfonamides is 1. The van der Waals surface area contributed by atoms with Gasteiger partial charge >= 0.3 is 0 Å². The van der Waals surface area contributed by atoms with E-state index in [-0.39, 0.29) is 18.9 Å². The van der Waals surface area contributed by atoms with Crippen LogP contribution < -0.4 is 19.1 Å². The molecule has 1 amide bonds. The number of nitrogens with one attached hydrogen (secondary N) is 1. The van der Waals surface area contributed by atoms with Crippen molar-refractivity contribution in [1.29, 1.82) is 0 Å². The number of anilines is 2. The summed E-state index contributed by atoms with van der Waals surface area (Å²) in [6.07, 6.45) is 0.481. The van der Waals surface area contributed by atoms with E-state index < -0.39 is 16.1 Å². The minimum atomic E-state index is -3.51. The van der Waals surface area contributed by atoms with Crippen LogP contribution in [0.2, 0.25) is 0 Å². The second-order valence-electron chi connectivity index (χ2n) is 7.10. The van der Waals surface area contributed by atoms with Crippen LogP contribution in [0.15, 0.2) is 78.9 Å². The van der Waals surface area contributed by atoms with E-state index in [2.05, 4.69) is 5.32 Å². The molecule has 4 rings (SSSR count). The molecular formula is C23H22N2O5S. The Morgan fingerprint density at radius 3 is 2.45 bits per heavy atom. The molecule has 0 fully saturated rings. The number of fused-ring (bicyclic) bond motifs is 1. The van der Waals surface area contributed by atoms with Gasteiger partial charge in [0.15, 0.2) is 11.9 Å². The van der Waals surface area contributed by atoms with Crippen LogP contribution in [0.4, 0.5) is 11.4 Å². The smallest absolute Gasteiger partial charge is 0.265 e. The average molecular weight is 439 g/mol. The van der Waals surface area contributed by atoms with Crippen molar-refractivity contribution < 1.29 is 22.7 Å². The second kappa shape index (κ2) is 8.69. The highest BCUT2D eigenvalue weighted by Gasteiger charge is 2.31. The van der Waals surface area contributed by atoms with Gasteiger partial charge in [0.2, 0.25) is 10.0 Å². The molecule has 7 nitrogen and oxygen atoms in total. The summed E-state index contributed by atoms with van der Waals surface area (Å²) in [5.41, 5.74) is 0.922. The minimum Gasteiger partial charge on any atom is -0.478 e. The van der Waals surface area contributed by atoms with Crippen molar-refractivity contribution in [3.05, 3.63) is 78.9 Å². The highest BCUT2D eigenvalue weighted by atomic mass is 32.2. The average Bonchev–Trinajstić information content (AvgIpc) is 2.96. The van der Waals surface area contributed by atoms with Crippen molar-refractivity contribution in [3.63, 3.8) is 0 Å². The molecule has 1 heterocycles. The lowest BCUT2D eigenvalue weighted by molar-refractivity contribution is -0.122. The molecule has 0 saturated carbocycles. The van der Waals surface area contributed by atoms with E-state index in [0.29, 0.717) is 28.6 Å². The molecule has 1 N–H and O–H groups in total. The lowest BCUT2D eigenvalue weighted by atomic mass is 10.2. The molecule has 0 aliphatic carbocycles. The molecule has 0 saturated heterocycles. The molecule has 160 valence electrons.